The number of likely N-dealkylation sites (tertiary alicyclic amines) is 1. The van der Waals surface area contributed by atoms with Crippen molar-refractivity contribution < 1.29 is 4.79 Å². The van der Waals surface area contributed by atoms with Crippen molar-refractivity contribution in [3.8, 4) is 6.07 Å². The molecule has 1 saturated heterocycles. The van der Waals surface area contributed by atoms with E-state index < -0.39 is 5.92 Å². The lowest BCUT2D eigenvalue weighted by Gasteiger charge is -2.44. The van der Waals surface area contributed by atoms with Crippen LogP contribution in [0.5, 0.6) is 0 Å². The zero-order chi connectivity index (χ0) is 13.0. The average molecular weight is 248 g/mol. The molecule has 2 fully saturated rings. The summed E-state index contributed by atoms with van der Waals surface area (Å²) in [4.78, 5) is 14.5. The zero-order valence-corrected chi connectivity index (χ0v) is 11.4. The molecule has 3 unspecified atom stereocenters. The molecule has 0 spiro atoms. The van der Waals surface area contributed by atoms with Gasteiger partial charge >= 0.3 is 0 Å². The third kappa shape index (κ3) is 2.68. The van der Waals surface area contributed by atoms with Gasteiger partial charge in [-0.25, -0.2) is 0 Å². The van der Waals surface area contributed by atoms with E-state index in [2.05, 4.69) is 11.0 Å². The van der Waals surface area contributed by atoms with Crippen LogP contribution in [0.25, 0.3) is 0 Å². The van der Waals surface area contributed by atoms with Crippen LogP contribution in [-0.2, 0) is 4.79 Å². The van der Waals surface area contributed by atoms with E-state index in [-0.39, 0.29) is 5.91 Å². The highest BCUT2D eigenvalue weighted by atomic mass is 16.2. The number of piperidine rings is 1. The van der Waals surface area contributed by atoms with Gasteiger partial charge in [-0.3, -0.25) is 4.79 Å². The number of carbonyl (C=O) groups excluding carboxylic acids is 1. The van der Waals surface area contributed by atoms with Crippen LogP contribution >= 0.6 is 0 Å². The molecule has 100 valence electrons. The first kappa shape index (κ1) is 13.4. The van der Waals surface area contributed by atoms with Gasteiger partial charge in [0.05, 0.1) is 6.07 Å². The molecule has 0 aromatic heterocycles. The van der Waals surface area contributed by atoms with Crippen molar-refractivity contribution in [3.05, 3.63) is 0 Å². The van der Waals surface area contributed by atoms with Gasteiger partial charge in [-0.15, -0.1) is 0 Å². The summed E-state index contributed by atoms with van der Waals surface area (Å²) in [6, 6.07) is 2.64. The Hall–Kier alpha value is -1.04. The second-order valence-corrected chi connectivity index (χ2v) is 5.76. The fourth-order valence-corrected chi connectivity index (χ4v) is 3.63. The number of nitriles is 1. The third-order valence-corrected chi connectivity index (χ3v) is 4.56. The molecule has 1 heterocycles. The highest BCUT2D eigenvalue weighted by Gasteiger charge is 2.37. The molecule has 1 amide bonds. The van der Waals surface area contributed by atoms with Crippen molar-refractivity contribution in [1.82, 2.24) is 4.90 Å². The van der Waals surface area contributed by atoms with Gasteiger partial charge in [0.1, 0.15) is 5.92 Å². The minimum atomic E-state index is -0.407. The topological polar surface area (TPSA) is 44.1 Å². The third-order valence-electron chi connectivity index (χ3n) is 4.56. The van der Waals surface area contributed by atoms with E-state index in [1.165, 1.54) is 25.7 Å². The monoisotopic (exact) mass is 248 g/mol. The van der Waals surface area contributed by atoms with E-state index in [0.717, 1.165) is 25.8 Å². The number of rotatable bonds is 3. The number of nitrogens with zero attached hydrogens (tertiary/aromatic N) is 2. The molecule has 18 heavy (non-hydrogen) atoms. The SMILES string of the molecule is CCCC(C#N)C(=O)N1CCCC2CCCCC21. The number of fused-ring (bicyclic) bond motifs is 1. The van der Waals surface area contributed by atoms with Gasteiger partial charge < -0.3 is 4.90 Å². The van der Waals surface area contributed by atoms with Crippen molar-refractivity contribution >= 4 is 5.91 Å². The van der Waals surface area contributed by atoms with Gasteiger partial charge in [0.25, 0.3) is 0 Å². The van der Waals surface area contributed by atoms with E-state index in [0.29, 0.717) is 18.4 Å². The lowest BCUT2D eigenvalue weighted by Crippen LogP contribution is -2.51. The molecule has 1 aliphatic heterocycles. The van der Waals surface area contributed by atoms with Crippen molar-refractivity contribution in [3.63, 3.8) is 0 Å². The smallest absolute Gasteiger partial charge is 0.240 e. The van der Waals surface area contributed by atoms with E-state index >= 15 is 0 Å². The second kappa shape index (κ2) is 6.22. The van der Waals surface area contributed by atoms with Gasteiger partial charge in [-0.2, -0.15) is 5.26 Å². The second-order valence-electron chi connectivity index (χ2n) is 5.76. The fourth-order valence-electron chi connectivity index (χ4n) is 3.63. The number of carbonyl (C=O) groups is 1. The number of hydrogen-bond acceptors (Lipinski definition) is 2. The van der Waals surface area contributed by atoms with Crippen molar-refractivity contribution in [2.45, 2.75) is 64.3 Å². The summed E-state index contributed by atoms with van der Waals surface area (Å²) in [5.74, 6) is 0.407. The Bertz CT molecular complexity index is 332. The molecule has 3 nitrogen and oxygen atoms in total. The lowest BCUT2D eigenvalue weighted by atomic mass is 9.78. The molecule has 2 aliphatic rings. The molecule has 2 rings (SSSR count). The van der Waals surface area contributed by atoms with Gasteiger partial charge in [0, 0.05) is 12.6 Å². The predicted octanol–water partition coefficient (Wildman–Crippen LogP) is 3.11. The Kier molecular flexibility index (Phi) is 4.63. The van der Waals surface area contributed by atoms with Crippen LogP contribution in [0.3, 0.4) is 0 Å². The summed E-state index contributed by atoms with van der Waals surface area (Å²) < 4.78 is 0. The fraction of sp³-hybridized carbons (Fsp3) is 0.867. The minimum Gasteiger partial charge on any atom is -0.338 e. The molecule has 3 atom stereocenters. The molecule has 1 aliphatic carbocycles. The first-order valence-electron chi connectivity index (χ1n) is 7.48. The van der Waals surface area contributed by atoms with E-state index in [9.17, 15) is 4.79 Å². The maximum Gasteiger partial charge on any atom is 0.240 e. The van der Waals surface area contributed by atoms with Crippen molar-refractivity contribution in [2.75, 3.05) is 6.54 Å². The van der Waals surface area contributed by atoms with Crippen LogP contribution in [0.4, 0.5) is 0 Å². The highest BCUT2D eigenvalue weighted by molar-refractivity contribution is 5.81. The summed E-state index contributed by atoms with van der Waals surface area (Å²) in [5.41, 5.74) is 0. The molecule has 0 aromatic carbocycles. The van der Waals surface area contributed by atoms with Crippen molar-refractivity contribution in [2.24, 2.45) is 11.8 Å². The van der Waals surface area contributed by atoms with Gasteiger partial charge in [0.2, 0.25) is 5.91 Å². The minimum absolute atomic E-state index is 0.107. The number of amides is 1. The highest BCUT2D eigenvalue weighted by Crippen LogP contribution is 2.36. The molecule has 3 heteroatoms. The molecule has 0 bridgehead atoms. The van der Waals surface area contributed by atoms with Crippen LogP contribution in [0, 0.1) is 23.2 Å². The van der Waals surface area contributed by atoms with Crippen LogP contribution in [0.1, 0.15) is 58.3 Å². The van der Waals surface area contributed by atoms with Crippen LogP contribution in [0.2, 0.25) is 0 Å². The summed E-state index contributed by atoms with van der Waals surface area (Å²) in [6.07, 6.45) is 9.02. The largest absolute Gasteiger partial charge is 0.338 e. The molecular formula is C15H24N2O. The maximum absolute atomic E-state index is 12.5. The van der Waals surface area contributed by atoms with Gasteiger partial charge in [0.15, 0.2) is 0 Å². The molecule has 0 radical (unpaired) electrons. The molecule has 0 N–H and O–H groups in total. The van der Waals surface area contributed by atoms with E-state index in [1.54, 1.807) is 0 Å². The summed E-state index contributed by atoms with van der Waals surface area (Å²) in [6.45, 7) is 2.92. The Morgan fingerprint density at radius 2 is 2.06 bits per heavy atom. The Morgan fingerprint density at radius 1 is 1.33 bits per heavy atom. The predicted molar refractivity (Wildman–Crippen MR) is 70.7 cm³/mol. The quantitative estimate of drug-likeness (QED) is 0.770. The molecule has 0 aromatic rings. The Labute approximate surface area is 110 Å². The van der Waals surface area contributed by atoms with Gasteiger partial charge in [-0.05, 0) is 38.0 Å². The first-order chi connectivity index (χ1) is 8.77. The first-order valence-corrected chi connectivity index (χ1v) is 7.48. The Morgan fingerprint density at radius 3 is 2.78 bits per heavy atom. The van der Waals surface area contributed by atoms with E-state index in [1.807, 2.05) is 6.92 Å². The summed E-state index contributed by atoms with van der Waals surface area (Å²) in [5, 5.41) is 9.16. The normalized spacial score (nSPS) is 29.2. The van der Waals surface area contributed by atoms with Gasteiger partial charge in [-0.1, -0.05) is 26.2 Å². The van der Waals surface area contributed by atoms with Crippen LogP contribution < -0.4 is 0 Å². The average Bonchev–Trinajstić information content (AvgIpc) is 2.43. The summed E-state index contributed by atoms with van der Waals surface area (Å²) >= 11 is 0. The zero-order valence-electron chi connectivity index (χ0n) is 11.4. The standard InChI is InChI=1S/C15H24N2O/c1-2-6-13(11-16)15(18)17-10-5-8-12-7-3-4-9-14(12)17/h12-14H,2-10H2,1H3. The van der Waals surface area contributed by atoms with Crippen LogP contribution in [0.15, 0.2) is 0 Å². The lowest BCUT2D eigenvalue weighted by molar-refractivity contribution is -0.140. The maximum atomic E-state index is 12.5. The molecule has 1 saturated carbocycles. The summed E-state index contributed by atoms with van der Waals surface area (Å²) in [7, 11) is 0. The van der Waals surface area contributed by atoms with Crippen LogP contribution in [-0.4, -0.2) is 23.4 Å². The number of hydrogen-bond donors (Lipinski definition) is 0. The molecular weight excluding hydrogens is 224 g/mol. The van der Waals surface area contributed by atoms with E-state index in [4.69, 9.17) is 5.26 Å². The van der Waals surface area contributed by atoms with Crippen molar-refractivity contribution in [1.29, 1.82) is 5.26 Å². The Balaban J connectivity index is 2.06.